The fourth-order valence-corrected chi connectivity index (χ4v) is 1.93. The summed E-state index contributed by atoms with van der Waals surface area (Å²) in [6.07, 6.45) is 2.25. The molecule has 0 aliphatic heterocycles. The molecule has 0 saturated heterocycles. The van der Waals surface area contributed by atoms with E-state index in [1.807, 2.05) is 0 Å². The van der Waals surface area contributed by atoms with Crippen LogP contribution < -0.4 is 5.43 Å². The lowest BCUT2D eigenvalue weighted by Gasteiger charge is -2.04. The zero-order chi connectivity index (χ0) is 12.4. The molecule has 1 heterocycles. The number of carbonyl (C=O) groups excluding carboxylic acids is 1. The molecule has 2 aromatic rings. The molecule has 0 aliphatic rings. The van der Waals surface area contributed by atoms with Gasteiger partial charge in [0.05, 0.1) is 27.4 Å². The zero-order valence-electron chi connectivity index (χ0n) is 8.41. The van der Waals surface area contributed by atoms with Crippen molar-refractivity contribution in [3.05, 3.63) is 62.0 Å². The van der Waals surface area contributed by atoms with Gasteiger partial charge >= 0.3 is 0 Å². The van der Waals surface area contributed by atoms with Crippen LogP contribution >= 0.6 is 23.2 Å². The highest BCUT2D eigenvalue weighted by atomic mass is 35.5. The minimum atomic E-state index is -0.524. The first kappa shape index (κ1) is 11.8. The Morgan fingerprint density at radius 2 is 1.88 bits per heavy atom. The number of aromatic nitrogens is 2. The highest BCUT2D eigenvalue weighted by Crippen LogP contribution is 2.25. The molecule has 0 saturated carbocycles. The van der Waals surface area contributed by atoms with Crippen LogP contribution in [0.4, 0.5) is 0 Å². The predicted octanol–water partition coefficient (Wildman–Crippen LogP) is 2.31. The SMILES string of the molecule is O=C(c1c(Cl)cccc1Cl)c1c[nH]ncc1=O. The number of H-pyrrole nitrogens is 1. The van der Waals surface area contributed by atoms with Crippen LogP contribution in [0.2, 0.25) is 10.0 Å². The summed E-state index contributed by atoms with van der Waals surface area (Å²) in [5.74, 6) is -0.524. The number of aromatic amines is 1. The number of rotatable bonds is 2. The molecule has 86 valence electrons. The lowest BCUT2D eigenvalue weighted by atomic mass is 10.1. The maximum Gasteiger partial charge on any atom is 0.211 e. The average Bonchev–Trinajstić information content (AvgIpc) is 2.29. The van der Waals surface area contributed by atoms with E-state index in [1.165, 1.54) is 18.3 Å². The second kappa shape index (κ2) is 4.69. The van der Waals surface area contributed by atoms with Gasteiger partial charge in [-0.2, -0.15) is 5.10 Å². The van der Waals surface area contributed by atoms with Gasteiger partial charge in [-0.1, -0.05) is 29.3 Å². The van der Waals surface area contributed by atoms with Crippen LogP contribution in [-0.2, 0) is 0 Å². The van der Waals surface area contributed by atoms with Gasteiger partial charge in [0.15, 0.2) is 0 Å². The van der Waals surface area contributed by atoms with Gasteiger partial charge in [-0.15, -0.1) is 0 Å². The highest BCUT2D eigenvalue weighted by Gasteiger charge is 2.18. The van der Waals surface area contributed by atoms with Gasteiger partial charge in [-0.05, 0) is 12.1 Å². The van der Waals surface area contributed by atoms with Gasteiger partial charge in [-0.25, -0.2) is 0 Å². The molecule has 17 heavy (non-hydrogen) atoms. The third-order valence-electron chi connectivity index (χ3n) is 2.17. The van der Waals surface area contributed by atoms with Crippen molar-refractivity contribution in [2.45, 2.75) is 0 Å². The Morgan fingerprint density at radius 3 is 2.47 bits per heavy atom. The van der Waals surface area contributed by atoms with E-state index in [0.717, 1.165) is 6.20 Å². The molecular weight excluding hydrogens is 263 g/mol. The molecule has 0 unspecified atom stereocenters. The number of carbonyl (C=O) groups is 1. The number of nitrogens with zero attached hydrogens (tertiary/aromatic N) is 1. The molecule has 1 N–H and O–H groups in total. The number of hydrogen-bond donors (Lipinski definition) is 1. The summed E-state index contributed by atoms with van der Waals surface area (Å²) in [7, 11) is 0. The summed E-state index contributed by atoms with van der Waals surface area (Å²) in [6, 6.07) is 4.70. The summed E-state index contributed by atoms with van der Waals surface area (Å²) in [4.78, 5) is 23.6. The molecule has 1 aromatic heterocycles. The van der Waals surface area contributed by atoms with E-state index in [0.29, 0.717) is 0 Å². The Balaban J connectivity index is 2.60. The molecule has 4 nitrogen and oxygen atoms in total. The summed E-state index contributed by atoms with van der Waals surface area (Å²) in [5.41, 5.74) is -0.410. The second-order valence-corrected chi connectivity index (χ2v) is 4.05. The fourth-order valence-electron chi connectivity index (χ4n) is 1.37. The van der Waals surface area contributed by atoms with Crippen molar-refractivity contribution in [1.29, 1.82) is 0 Å². The molecule has 0 atom stereocenters. The predicted molar refractivity (Wildman–Crippen MR) is 64.8 cm³/mol. The van der Waals surface area contributed by atoms with E-state index < -0.39 is 11.2 Å². The Kier molecular flexibility index (Phi) is 3.26. The lowest BCUT2D eigenvalue weighted by Crippen LogP contribution is -2.16. The minimum Gasteiger partial charge on any atom is -0.288 e. The van der Waals surface area contributed by atoms with Gasteiger partial charge in [0.1, 0.15) is 0 Å². The van der Waals surface area contributed by atoms with E-state index >= 15 is 0 Å². The van der Waals surface area contributed by atoms with Crippen LogP contribution in [0.3, 0.4) is 0 Å². The molecule has 1 aromatic carbocycles. The molecule has 2 rings (SSSR count). The summed E-state index contributed by atoms with van der Waals surface area (Å²) < 4.78 is 0. The molecular formula is C11H6Cl2N2O2. The summed E-state index contributed by atoms with van der Waals surface area (Å²) in [5, 5.41) is 6.36. The van der Waals surface area contributed by atoms with E-state index in [-0.39, 0.29) is 21.2 Å². The Hall–Kier alpha value is -1.65. The first-order chi connectivity index (χ1) is 8.11. The number of hydrogen-bond acceptors (Lipinski definition) is 3. The van der Waals surface area contributed by atoms with Crippen LogP contribution in [0.25, 0.3) is 0 Å². The molecule has 0 spiro atoms. The molecule has 0 bridgehead atoms. The maximum absolute atomic E-state index is 12.1. The lowest BCUT2D eigenvalue weighted by molar-refractivity contribution is 0.103. The number of ketones is 1. The van der Waals surface area contributed by atoms with Crippen LogP contribution in [-0.4, -0.2) is 16.0 Å². The average molecular weight is 269 g/mol. The van der Waals surface area contributed by atoms with Crippen LogP contribution in [0.15, 0.2) is 35.4 Å². The monoisotopic (exact) mass is 268 g/mol. The van der Waals surface area contributed by atoms with Crippen molar-refractivity contribution >= 4 is 29.0 Å². The summed E-state index contributed by atoms with van der Waals surface area (Å²) in [6.45, 7) is 0. The number of nitrogens with one attached hydrogen (secondary N) is 1. The minimum absolute atomic E-state index is 0.0463. The van der Waals surface area contributed by atoms with Gasteiger partial charge in [0.2, 0.25) is 11.2 Å². The van der Waals surface area contributed by atoms with E-state index in [2.05, 4.69) is 10.2 Å². The first-order valence-electron chi connectivity index (χ1n) is 4.63. The molecule has 6 heteroatoms. The smallest absolute Gasteiger partial charge is 0.211 e. The zero-order valence-corrected chi connectivity index (χ0v) is 9.92. The number of benzene rings is 1. The largest absolute Gasteiger partial charge is 0.288 e. The molecule has 0 fully saturated rings. The van der Waals surface area contributed by atoms with Crippen LogP contribution in [0.1, 0.15) is 15.9 Å². The number of halogens is 2. The van der Waals surface area contributed by atoms with Crippen LogP contribution in [0, 0.1) is 0 Å². The Bertz CT molecular complexity index is 617. The van der Waals surface area contributed by atoms with Gasteiger partial charge in [0, 0.05) is 6.20 Å². The normalized spacial score (nSPS) is 10.2. The summed E-state index contributed by atoms with van der Waals surface area (Å²) >= 11 is 11.8. The van der Waals surface area contributed by atoms with E-state index in [1.54, 1.807) is 6.07 Å². The van der Waals surface area contributed by atoms with Crippen molar-refractivity contribution in [2.75, 3.05) is 0 Å². The van der Waals surface area contributed by atoms with Crippen molar-refractivity contribution in [3.63, 3.8) is 0 Å². The molecule has 0 amide bonds. The van der Waals surface area contributed by atoms with E-state index in [4.69, 9.17) is 23.2 Å². The third-order valence-corrected chi connectivity index (χ3v) is 2.80. The maximum atomic E-state index is 12.1. The van der Waals surface area contributed by atoms with E-state index in [9.17, 15) is 9.59 Å². The Labute approximate surface area is 106 Å². The van der Waals surface area contributed by atoms with Crippen molar-refractivity contribution in [1.82, 2.24) is 10.2 Å². The molecule has 0 aliphatic carbocycles. The van der Waals surface area contributed by atoms with Gasteiger partial charge < -0.3 is 0 Å². The third kappa shape index (κ3) is 2.23. The van der Waals surface area contributed by atoms with Crippen LogP contribution in [0.5, 0.6) is 0 Å². The quantitative estimate of drug-likeness (QED) is 0.851. The highest BCUT2D eigenvalue weighted by molar-refractivity contribution is 6.40. The fraction of sp³-hybridized carbons (Fsp3) is 0. The van der Waals surface area contributed by atoms with Gasteiger partial charge in [-0.3, -0.25) is 14.7 Å². The van der Waals surface area contributed by atoms with Crippen molar-refractivity contribution in [3.8, 4) is 0 Å². The topological polar surface area (TPSA) is 62.8 Å². The Morgan fingerprint density at radius 1 is 1.24 bits per heavy atom. The standard InChI is InChI=1S/C11H6Cl2N2O2/c12-7-2-1-3-8(13)10(7)11(17)6-4-14-15-5-9(6)16/h1-5H,(H,14,16). The van der Waals surface area contributed by atoms with Gasteiger partial charge in [0.25, 0.3) is 0 Å². The first-order valence-corrected chi connectivity index (χ1v) is 5.38. The van der Waals surface area contributed by atoms with Crippen molar-refractivity contribution in [2.24, 2.45) is 0 Å². The van der Waals surface area contributed by atoms with Crippen molar-refractivity contribution < 1.29 is 4.79 Å². The molecule has 0 radical (unpaired) electrons. The second-order valence-electron chi connectivity index (χ2n) is 3.24.